The minimum absolute atomic E-state index is 0.689. The molecule has 1 saturated heterocycles. The van der Waals surface area contributed by atoms with Crippen molar-refractivity contribution in [3.05, 3.63) is 30.0 Å². The number of nitrogens with zero attached hydrogens (tertiary/aromatic N) is 3. The Morgan fingerprint density at radius 3 is 2.58 bits per heavy atom. The first-order chi connectivity index (χ1) is 11.8. The SMILES string of the molecule is CCc1cc(-c2cccc(OC)c2OC)nc(N2CCOCC2)n1. The standard InChI is InChI=1S/C18H23N3O3/c1-4-13-12-15(14-6-5-7-16(22-2)17(14)23-3)20-18(19-13)21-8-10-24-11-9-21/h5-7,12H,4,8-11H2,1-3H3. The summed E-state index contributed by atoms with van der Waals surface area (Å²) < 4.78 is 16.4. The second-order valence-corrected chi connectivity index (χ2v) is 5.54. The molecule has 2 heterocycles. The molecule has 2 aromatic rings. The Hall–Kier alpha value is -2.34. The molecule has 0 spiro atoms. The van der Waals surface area contributed by atoms with Gasteiger partial charge in [-0.1, -0.05) is 13.0 Å². The zero-order chi connectivity index (χ0) is 16.9. The minimum Gasteiger partial charge on any atom is -0.493 e. The van der Waals surface area contributed by atoms with Crippen LogP contribution >= 0.6 is 0 Å². The predicted molar refractivity (Wildman–Crippen MR) is 93.0 cm³/mol. The summed E-state index contributed by atoms with van der Waals surface area (Å²) in [5.41, 5.74) is 2.76. The molecule has 6 heteroatoms. The Morgan fingerprint density at radius 1 is 1.12 bits per heavy atom. The molecule has 0 bridgehead atoms. The van der Waals surface area contributed by atoms with Gasteiger partial charge >= 0.3 is 0 Å². The zero-order valence-electron chi connectivity index (χ0n) is 14.4. The quantitative estimate of drug-likeness (QED) is 0.840. The van der Waals surface area contributed by atoms with E-state index in [9.17, 15) is 0 Å². The summed E-state index contributed by atoms with van der Waals surface area (Å²) in [6.45, 7) is 5.12. The third-order valence-electron chi connectivity index (χ3n) is 4.10. The molecule has 1 aliphatic heterocycles. The van der Waals surface area contributed by atoms with Crippen LogP contribution in [0.3, 0.4) is 0 Å². The number of methoxy groups -OCH3 is 2. The first kappa shape index (κ1) is 16.5. The van der Waals surface area contributed by atoms with Gasteiger partial charge in [0.05, 0.1) is 33.1 Å². The average molecular weight is 329 g/mol. The number of hydrogen-bond donors (Lipinski definition) is 0. The fraction of sp³-hybridized carbons (Fsp3) is 0.444. The zero-order valence-corrected chi connectivity index (χ0v) is 14.4. The molecule has 0 saturated carbocycles. The van der Waals surface area contributed by atoms with E-state index in [2.05, 4.69) is 16.8 Å². The number of para-hydroxylation sites is 1. The van der Waals surface area contributed by atoms with Gasteiger partial charge in [-0.25, -0.2) is 9.97 Å². The van der Waals surface area contributed by atoms with E-state index in [0.29, 0.717) is 24.7 Å². The van der Waals surface area contributed by atoms with E-state index in [-0.39, 0.29) is 0 Å². The van der Waals surface area contributed by atoms with Crippen molar-refractivity contribution in [2.45, 2.75) is 13.3 Å². The maximum atomic E-state index is 5.56. The van der Waals surface area contributed by atoms with Crippen molar-refractivity contribution in [1.82, 2.24) is 9.97 Å². The highest BCUT2D eigenvalue weighted by atomic mass is 16.5. The first-order valence-electron chi connectivity index (χ1n) is 8.18. The number of benzene rings is 1. The van der Waals surface area contributed by atoms with E-state index in [1.807, 2.05) is 24.3 Å². The number of aromatic nitrogens is 2. The number of ether oxygens (including phenoxy) is 3. The molecule has 0 amide bonds. The Kier molecular flexibility index (Phi) is 5.15. The molecule has 1 aliphatic rings. The summed E-state index contributed by atoms with van der Waals surface area (Å²) >= 11 is 0. The summed E-state index contributed by atoms with van der Waals surface area (Å²) in [5, 5.41) is 0. The largest absolute Gasteiger partial charge is 0.493 e. The van der Waals surface area contributed by atoms with E-state index in [4.69, 9.17) is 19.2 Å². The van der Waals surface area contributed by atoms with Crippen LogP contribution in [0.4, 0.5) is 5.95 Å². The van der Waals surface area contributed by atoms with Crippen LogP contribution in [0.15, 0.2) is 24.3 Å². The van der Waals surface area contributed by atoms with Gasteiger partial charge in [-0.05, 0) is 24.6 Å². The van der Waals surface area contributed by atoms with Crippen LogP contribution in [-0.4, -0.2) is 50.5 Å². The summed E-state index contributed by atoms with van der Waals surface area (Å²) in [5.74, 6) is 2.13. The van der Waals surface area contributed by atoms with Crippen molar-refractivity contribution in [2.75, 3.05) is 45.4 Å². The molecular formula is C18H23N3O3. The highest BCUT2D eigenvalue weighted by Gasteiger charge is 2.18. The van der Waals surface area contributed by atoms with E-state index in [1.165, 1.54) is 0 Å². The number of morpholine rings is 1. The molecular weight excluding hydrogens is 306 g/mol. The lowest BCUT2D eigenvalue weighted by Gasteiger charge is -2.27. The van der Waals surface area contributed by atoms with Crippen molar-refractivity contribution in [3.63, 3.8) is 0 Å². The molecule has 0 aliphatic carbocycles. The topological polar surface area (TPSA) is 56.7 Å². The van der Waals surface area contributed by atoms with Crippen molar-refractivity contribution in [2.24, 2.45) is 0 Å². The molecule has 0 unspecified atom stereocenters. The second-order valence-electron chi connectivity index (χ2n) is 5.54. The molecule has 6 nitrogen and oxygen atoms in total. The third-order valence-corrected chi connectivity index (χ3v) is 4.10. The van der Waals surface area contributed by atoms with Gasteiger partial charge in [0.15, 0.2) is 11.5 Å². The maximum Gasteiger partial charge on any atom is 0.226 e. The van der Waals surface area contributed by atoms with E-state index in [0.717, 1.165) is 42.4 Å². The van der Waals surface area contributed by atoms with Gasteiger partial charge in [0.1, 0.15) is 0 Å². The van der Waals surface area contributed by atoms with Gasteiger partial charge in [-0.15, -0.1) is 0 Å². The van der Waals surface area contributed by atoms with Crippen LogP contribution in [-0.2, 0) is 11.2 Å². The van der Waals surface area contributed by atoms with Crippen molar-refractivity contribution in [3.8, 4) is 22.8 Å². The van der Waals surface area contributed by atoms with Crippen LogP contribution in [0.2, 0.25) is 0 Å². The van der Waals surface area contributed by atoms with Gasteiger partial charge < -0.3 is 19.1 Å². The van der Waals surface area contributed by atoms with Crippen molar-refractivity contribution < 1.29 is 14.2 Å². The summed E-state index contributed by atoms with van der Waals surface area (Å²) in [4.78, 5) is 11.6. The molecule has 1 aromatic carbocycles. The number of anilines is 1. The van der Waals surface area contributed by atoms with Crippen molar-refractivity contribution >= 4 is 5.95 Å². The van der Waals surface area contributed by atoms with E-state index >= 15 is 0 Å². The van der Waals surface area contributed by atoms with Crippen LogP contribution in [0.5, 0.6) is 11.5 Å². The van der Waals surface area contributed by atoms with Crippen LogP contribution in [0.1, 0.15) is 12.6 Å². The first-order valence-corrected chi connectivity index (χ1v) is 8.18. The number of aryl methyl sites for hydroxylation is 1. The fourth-order valence-corrected chi connectivity index (χ4v) is 2.80. The van der Waals surface area contributed by atoms with Gasteiger partial charge in [0.2, 0.25) is 5.95 Å². The lowest BCUT2D eigenvalue weighted by atomic mass is 10.1. The van der Waals surface area contributed by atoms with E-state index < -0.39 is 0 Å². The van der Waals surface area contributed by atoms with Crippen LogP contribution in [0.25, 0.3) is 11.3 Å². The molecule has 3 rings (SSSR count). The molecule has 24 heavy (non-hydrogen) atoms. The third kappa shape index (κ3) is 3.28. The second kappa shape index (κ2) is 7.49. The summed E-state index contributed by atoms with van der Waals surface area (Å²) in [6.07, 6.45) is 0.846. The lowest BCUT2D eigenvalue weighted by Crippen LogP contribution is -2.37. The summed E-state index contributed by atoms with van der Waals surface area (Å²) in [6, 6.07) is 7.83. The van der Waals surface area contributed by atoms with Gasteiger partial charge in [-0.2, -0.15) is 0 Å². The Labute approximate surface area is 142 Å². The number of rotatable bonds is 5. The molecule has 128 valence electrons. The van der Waals surface area contributed by atoms with E-state index in [1.54, 1.807) is 14.2 Å². The Morgan fingerprint density at radius 2 is 1.92 bits per heavy atom. The maximum absolute atomic E-state index is 5.56. The molecule has 1 fully saturated rings. The minimum atomic E-state index is 0.689. The molecule has 0 N–H and O–H groups in total. The summed E-state index contributed by atoms with van der Waals surface area (Å²) in [7, 11) is 3.28. The lowest BCUT2D eigenvalue weighted by molar-refractivity contribution is 0.122. The molecule has 0 radical (unpaired) electrons. The monoisotopic (exact) mass is 329 g/mol. The highest BCUT2D eigenvalue weighted by molar-refractivity contribution is 5.72. The smallest absolute Gasteiger partial charge is 0.226 e. The fourth-order valence-electron chi connectivity index (χ4n) is 2.80. The Bertz CT molecular complexity index is 700. The Balaban J connectivity index is 2.07. The van der Waals surface area contributed by atoms with Crippen LogP contribution < -0.4 is 14.4 Å². The van der Waals surface area contributed by atoms with Gasteiger partial charge in [0.25, 0.3) is 0 Å². The normalized spacial score (nSPS) is 14.5. The molecule has 0 atom stereocenters. The highest BCUT2D eigenvalue weighted by Crippen LogP contribution is 2.37. The predicted octanol–water partition coefficient (Wildman–Crippen LogP) is 2.56. The number of hydrogen-bond acceptors (Lipinski definition) is 6. The van der Waals surface area contributed by atoms with Crippen molar-refractivity contribution in [1.29, 1.82) is 0 Å². The average Bonchev–Trinajstić information content (AvgIpc) is 2.67. The van der Waals surface area contributed by atoms with Gasteiger partial charge in [-0.3, -0.25) is 0 Å². The molecule has 1 aromatic heterocycles. The van der Waals surface area contributed by atoms with Crippen LogP contribution in [0, 0.1) is 0 Å². The van der Waals surface area contributed by atoms with Gasteiger partial charge in [0, 0.05) is 24.3 Å².